The SMILES string of the molecule is CCC(C(=O)NCC(C)C)N(Cc1ccc(C)cc1)C(=O)CN(c1ccc([N+](=O)[O-])cc1)S(=O)(=O)c1ccccc1. The number of amides is 2. The van der Waals surface area contributed by atoms with E-state index in [1.807, 2.05) is 45.0 Å². The van der Waals surface area contributed by atoms with Gasteiger partial charge >= 0.3 is 0 Å². The summed E-state index contributed by atoms with van der Waals surface area (Å²) in [4.78, 5) is 39.2. The van der Waals surface area contributed by atoms with Crippen molar-refractivity contribution < 1.29 is 22.9 Å². The number of rotatable bonds is 13. The number of hydrogen-bond acceptors (Lipinski definition) is 6. The van der Waals surface area contributed by atoms with Crippen LogP contribution in [0.5, 0.6) is 0 Å². The van der Waals surface area contributed by atoms with Crippen molar-refractivity contribution in [3.63, 3.8) is 0 Å². The Morgan fingerprint density at radius 2 is 1.56 bits per heavy atom. The summed E-state index contributed by atoms with van der Waals surface area (Å²) < 4.78 is 28.5. The minimum absolute atomic E-state index is 0.0436. The van der Waals surface area contributed by atoms with Crippen molar-refractivity contribution in [1.82, 2.24) is 10.2 Å². The molecule has 1 atom stereocenters. The number of hydrogen-bond donors (Lipinski definition) is 1. The van der Waals surface area contributed by atoms with Gasteiger partial charge in [-0.2, -0.15) is 0 Å². The van der Waals surface area contributed by atoms with Crippen LogP contribution in [0.3, 0.4) is 0 Å². The molecular formula is C30H36N4O6S. The van der Waals surface area contributed by atoms with E-state index in [1.165, 1.54) is 41.3 Å². The van der Waals surface area contributed by atoms with E-state index < -0.39 is 33.4 Å². The lowest BCUT2D eigenvalue weighted by Gasteiger charge is -2.33. The average Bonchev–Trinajstić information content (AvgIpc) is 2.96. The maximum atomic E-state index is 14.0. The maximum Gasteiger partial charge on any atom is 0.269 e. The number of carbonyl (C=O) groups excluding carboxylic acids is 2. The molecule has 0 spiro atoms. The molecule has 0 radical (unpaired) electrons. The predicted octanol–water partition coefficient (Wildman–Crippen LogP) is 4.68. The van der Waals surface area contributed by atoms with Crippen LogP contribution in [0.4, 0.5) is 11.4 Å². The molecule has 1 unspecified atom stereocenters. The third kappa shape index (κ3) is 8.14. The molecule has 10 nitrogen and oxygen atoms in total. The van der Waals surface area contributed by atoms with Crippen molar-refractivity contribution in [2.75, 3.05) is 17.4 Å². The number of aryl methyl sites for hydroxylation is 1. The Morgan fingerprint density at radius 3 is 2.10 bits per heavy atom. The van der Waals surface area contributed by atoms with Crippen LogP contribution in [0.15, 0.2) is 83.8 Å². The molecule has 0 aliphatic carbocycles. The van der Waals surface area contributed by atoms with E-state index in [1.54, 1.807) is 25.1 Å². The first-order valence-corrected chi connectivity index (χ1v) is 14.8. The Hall–Kier alpha value is -4.25. The molecule has 41 heavy (non-hydrogen) atoms. The van der Waals surface area contributed by atoms with E-state index in [2.05, 4.69) is 5.32 Å². The second-order valence-electron chi connectivity index (χ2n) is 10.2. The van der Waals surface area contributed by atoms with Gasteiger partial charge in [-0.15, -0.1) is 0 Å². The van der Waals surface area contributed by atoms with E-state index in [0.29, 0.717) is 13.0 Å². The Morgan fingerprint density at radius 1 is 0.951 bits per heavy atom. The van der Waals surface area contributed by atoms with Gasteiger partial charge in [0.25, 0.3) is 15.7 Å². The van der Waals surface area contributed by atoms with Crippen LogP contribution in [0.1, 0.15) is 38.3 Å². The highest BCUT2D eigenvalue weighted by Crippen LogP contribution is 2.26. The van der Waals surface area contributed by atoms with Gasteiger partial charge in [0, 0.05) is 25.2 Å². The van der Waals surface area contributed by atoms with Crippen LogP contribution in [0.2, 0.25) is 0 Å². The Balaban J connectivity index is 2.05. The van der Waals surface area contributed by atoms with Gasteiger partial charge in [-0.3, -0.25) is 24.0 Å². The number of anilines is 1. The molecule has 0 heterocycles. The molecule has 0 saturated carbocycles. The molecule has 3 aromatic carbocycles. The number of nitro benzene ring substituents is 1. The van der Waals surface area contributed by atoms with Crippen molar-refractivity contribution in [2.45, 2.75) is 51.6 Å². The number of non-ortho nitro benzene ring substituents is 1. The van der Waals surface area contributed by atoms with Crippen LogP contribution < -0.4 is 9.62 Å². The summed E-state index contributed by atoms with van der Waals surface area (Å²) in [5.41, 5.74) is 1.69. The summed E-state index contributed by atoms with van der Waals surface area (Å²) >= 11 is 0. The zero-order valence-corrected chi connectivity index (χ0v) is 24.5. The zero-order valence-electron chi connectivity index (χ0n) is 23.7. The highest BCUT2D eigenvalue weighted by Gasteiger charge is 2.33. The molecule has 1 N–H and O–H groups in total. The Bertz CT molecular complexity index is 1440. The van der Waals surface area contributed by atoms with Crippen molar-refractivity contribution in [2.24, 2.45) is 5.92 Å². The number of nitrogens with one attached hydrogen (secondary N) is 1. The highest BCUT2D eigenvalue weighted by molar-refractivity contribution is 7.92. The van der Waals surface area contributed by atoms with Crippen molar-refractivity contribution in [3.05, 3.63) is 100 Å². The van der Waals surface area contributed by atoms with E-state index in [9.17, 15) is 28.1 Å². The summed E-state index contributed by atoms with van der Waals surface area (Å²) in [5, 5.41) is 14.1. The molecule has 0 aliphatic rings. The second kappa shape index (κ2) is 13.9. The first-order valence-electron chi connectivity index (χ1n) is 13.4. The molecule has 0 aromatic heterocycles. The Labute approximate surface area is 241 Å². The van der Waals surface area contributed by atoms with Crippen molar-refractivity contribution in [1.29, 1.82) is 0 Å². The summed E-state index contributed by atoms with van der Waals surface area (Å²) in [6, 6.07) is 19.3. The molecule has 2 amide bonds. The minimum atomic E-state index is -4.25. The number of nitrogens with zero attached hydrogens (tertiary/aromatic N) is 3. The van der Waals surface area contributed by atoms with Gasteiger partial charge in [-0.05, 0) is 49.1 Å². The van der Waals surface area contributed by atoms with E-state index >= 15 is 0 Å². The second-order valence-corrected chi connectivity index (χ2v) is 12.0. The average molecular weight is 581 g/mol. The zero-order chi connectivity index (χ0) is 30.2. The topological polar surface area (TPSA) is 130 Å². The van der Waals surface area contributed by atoms with Crippen LogP contribution >= 0.6 is 0 Å². The van der Waals surface area contributed by atoms with Crippen LogP contribution in [0, 0.1) is 23.0 Å². The van der Waals surface area contributed by atoms with Gasteiger partial charge in [0.1, 0.15) is 12.6 Å². The molecule has 3 rings (SSSR count). The third-order valence-corrected chi connectivity index (χ3v) is 8.29. The minimum Gasteiger partial charge on any atom is -0.354 e. The van der Waals surface area contributed by atoms with E-state index in [0.717, 1.165) is 15.4 Å². The smallest absolute Gasteiger partial charge is 0.269 e. The lowest BCUT2D eigenvalue weighted by Crippen LogP contribution is -2.52. The third-order valence-electron chi connectivity index (χ3n) is 6.50. The molecule has 11 heteroatoms. The van der Waals surface area contributed by atoms with Gasteiger partial charge in [0.2, 0.25) is 11.8 Å². The fourth-order valence-corrected chi connectivity index (χ4v) is 5.66. The lowest BCUT2D eigenvalue weighted by molar-refractivity contribution is -0.384. The van der Waals surface area contributed by atoms with Crippen molar-refractivity contribution >= 4 is 33.2 Å². The summed E-state index contributed by atoms with van der Waals surface area (Å²) in [7, 11) is -4.25. The Kier molecular flexibility index (Phi) is 10.6. The summed E-state index contributed by atoms with van der Waals surface area (Å²) in [6.07, 6.45) is 0.310. The van der Waals surface area contributed by atoms with Gasteiger partial charge in [-0.25, -0.2) is 8.42 Å². The van der Waals surface area contributed by atoms with Crippen LogP contribution in [-0.2, 0) is 26.2 Å². The summed E-state index contributed by atoms with van der Waals surface area (Å²) in [5.74, 6) is -0.712. The fraction of sp³-hybridized carbons (Fsp3) is 0.333. The molecule has 218 valence electrons. The first-order chi connectivity index (χ1) is 19.4. The molecule has 0 aliphatic heterocycles. The fourth-order valence-electron chi connectivity index (χ4n) is 4.22. The van der Waals surface area contributed by atoms with Crippen molar-refractivity contribution in [3.8, 4) is 0 Å². The van der Waals surface area contributed by atoms with E-state index in [-0.39, 0.29) is 34.6 Å². The van der Waals surface area contributed by atoms with Crippen LogP contribution in [0.25, 0.3) is 0 Å². The van der Waals surface area contributed by atoms with Gasteiger partial charge in [-0.1, -0.05) is 68.8 Å². The lowest BCUT2D eigenvalue weighted by atomic mass is 10.1. The molecule has 0 saturated heterocycles. The first kappa shape index (κ1) is 31.3. The van der Waals surface area contributed by atoms with Gasteiger partial charge < -0.3 is 10.2 Å². The van der Waals surface area contributed by atoms with Gasteiger partial charge in [0.15, 0.2) is 0 Å². The largest absolute Gasteiger partial charge is 0.354 e. The number of benzene rings is 3. The number of sulfonamides is 1. The normalized spacial score (nSPS) is 12.0. The molecule has 0 bridgehead atoms. The molecule has 0 fully saturated rings. The quantitative estimate of drug-likeness (QED) is 0.231. The van der Waals surface area contributed by atoms with E-state index in [4.69, 9.17) is 0 Å². The monoisotopic (exact) mass is 580 g/mol. The number of carbonyl (C=O) groups is 2. The predicted molar refractivity (Wildman–Crippen MR) is 158 cm³/mol. The maximum absolute atomic E-state index is 14.0. The summed E-state index contributed by atoms with van der Waals surface area (Å²) in [6.45, 7) is 7.57. The standard InChI is InChI=1S/C30H36N4O6S/c1-5-28(30(36)31-19-22(2)3)32(20-24-13-11-23(4)12-14-24)29(35)21-33(25-15-17-26(18-16-25)34(37)38)41(39,40)27-9-7-6-8-10-27/h6-18,22,28H,5,19-21H2,1-4H3,(H,31,36). The molecule has 3 aromatic rings. The van der Waals surface area contributed by atoms with Gasteiger partial charge in [0.05, 0.1) is 15.5 Å². The number of nitro groups is 1. The highest BCUT2D eigenvalue weighted by atomic mass is 32.2. The molecular weight excluding hydrogens is 544 g/mol. The van der Waals surface area contributed by atoms with Crippen LogP contribution in [-0.4, -0.2) is 49.2 Å².